The number of anilines is 2. The van der Waals surface area contributed by atoms with Crippen molar-refractivity contribution < 1.29 is 4.74 Å². The molecule has 1 aliphatic heterocycles. The summed E-state index contributed by atoms with van der Waals surface area (Å²) < 4.78 is 6.14. The summed E-state index contributed by atoms with van der Waals surface area (Å²) in [5.74, 6) is 2.45. The van der Waals surface area contributed by atoms with Crippen LogP contribution in [0.1, 0.15) is 49.7 Å². The van der Waals surface area contributed by atoms with Gasteiger partial charge in [0.25, 0.3) is 0 Å². The smallest absolute Gasteiger partial charge is 0.237 e. The highest BCUT2D eigenvalue weighted by Gasteiger charge is 2.20. The first-order valence-corrected chi connectivity index (χ1v) is 8.95. The van der Waals surface area contributed by atoms with Gasteiger partial charge in [0, 0.05) is 24.8 Å². The third-order valence-electron chi connectivity index (χ3n) is 4.61. The number of aromatic amines is 1. The van der Waals surface area contributed by atoms with Crippen LogP contribution in [-0.2, 0) is 0 Å². The first-order valence-electron chi connectivity index (χ1n) is 8.95. The third-order valence-corrected chi connectivity index (χ3v) is 4.61. The highest BCUT2D eigenvalue weighted by atomic mass is 16.5. The molecule has 0 amide bonds. The van der Waals surface area contributed by atoms with Gasteiger partial charge in [0.1, 0.15) is 6.10 Å². The van der Waals surface area contributed by atoms with E-state index in [0.717, 1.165) is 48.8 Å². The van der Waals surface area contributed by atoms with E-state index in [1.165, 1.54) is 0 Å². The van der Waals surface area contributed by atoms with Crippen molar-refractivity contribution in [3.05, 3.63) is 23.1 Å². The van der Waals surface area contributed by atoms with Gasteiger partial charge in [-0.2, -0.15) is 10.1 Å². The molecule has 2 N–H and O–H groups in total. The topological polar surface area (TPSA) is 79.0 Å². The Morgan fingerprint density at radius 3 is 2.56 bits per heavy atom. The van der Waals surface area contributed by atoms with E-state index >= 15 is 0 Å². The van der Waals surface area contributed by atoms with Crippen LogP contribution < -0.4 is 10.1 Å². The molecular weight excluding hydrogens is 316 g/mol. The maximum absolute atomic E-state index is 6.14. The van der Waals surface area contributed by atoms with E-state index in [0.29, 0.717) is 17.6 Å². The van der Waals surface area contributed by atoms with Crippen LogP contribution in [0.3, 0.4) is 0 Å². The van der Waals surface area contributed by atoms with Crippen LogP contribution in [0.4, 0.5) is 11.6 Å². The van der Waals surface area contributed by atoms with E-state index in [1.54, 1.807) is 0 Å². The fourth-order valence-corrected chi connectivity index (χ4v) is 2.92. The molecule has 0 bridgehead atoms. The van der Waals surface area contributed by atoms with Crippen molar-refractivity contribution in [2.75, 3.05) is 25.5 Å². The number of hydrogen-bond acceptors (Lipinski definition) is 6. The molecule has 136 valence electrons. The Labute approximate surface area is 149 Å². The molecule has 2 aromatic rings. The van der Waals surface area contributed by atoms with E-state index in [2.05, 4.69) is 51.3 Å². The van der Waals surface area contributed by atoms with Crippen LogP contribution in [-0.4, -0.2) is 51.3 Å². The van der Waals surface area contributed by atoms with Crippen molar-refractivity contribution >= 4 is 11.6 Å². The molecule has 1 aliphatic rings. The lowest BCUT2D eigenvalue weighted by Crippen LogP contribution is -2.36. The highest BCUT2D eigenvalue weighted by Crippen LogP contribution is 2.25. The van der Waals surface area contributed by atoms with Gasteiger partial charge in [0.05, 0.1) is 11.4 Å². The first kappa shape index (κ1) is 17.7. The Hall–Kier alpha value is -2.15. The maximum Gasteiger partial charge on any atom is 0.237 e. The summed E-state index contributed by atoms with van der Waals surface area (Å²) >= 11 is 0. The Morgan fingerprint density at radius 2 is 1.92 bits per heavy atom. The summed E-state index contributed by atoms with van der Waals surface area (Å²) in [6.07, 6.45) is 2.24. The number of aryl methyl sites for hydroxylation is 2. The number of nitrogens with zero attached hydrogens (tertiary/aromatic N) is 4. The molecule has 1 fully saturated rings. The second-order valence-corrected chi connectivity index (χ2v) is 7.16. The summed E-state index contributed by atoms with van der Waals surface area (Å²) in [7, 11) is 2.14. The average Bonchev–Trinajstić information content (AvgIpc) is 3.03. The first-order chi connectivity index (χ1) is 11.9. The second kappa shape index (κ2) is 7.39. The van der Waals surface area contributed by atoms with Gasteiger partial charge in [-0.25, -0.2) is 4.98 Å². The largest absolute Gasteiger partial charge is 0.473 e. The van der Waals surface area contributed by atoms with Gasteiger partial charge in [-0.3, -0.25) is 5.10 Å². The van der Waals surface area contributed by atoms with Gasteiger partial charge in [0.2, 0.25) is 5.88 Å². The molecule has 0 spiro atoms. The molecule has 0 saturated carbocycles. The monoisotopic (exact) mass is 344 g/mol. The van der Waals surface area contributed by atoms with Crippen molar-refractivity contribution in [2.45, 2.75) is 52.6 Å². The van der Waals surface area contributed by atoms with Crippen LogP contribution in [0.5, 0.6) is 5.88 Å². The van der Waals surface area contributed by atoms with E-state index in [4.69, 9.17) is 4.74 Å². The third kappa shape index (κ3) is 4.28. The number of likely N-dealkylation sites (tertiary alicyclic amines) is 1. The van der Waals surface area contributed by atoms with E-state index in [1.807, 2.05) is 19.9 Å². The van der Waals surface area contributed by atoms with Crippen LogP contribution in [0.15, 0.2) is 6.07 Å². The summed E-state index contributed by atoms with van der Waals surface area (Å²) in [5, 5.41) is 10.6. The maximum atomic E-state index is 6.14. The Bertz CT molecular complexity index is 718. The van der Waals surface area contributed by atoms with Gasteiger partial charge in [0.15, 0.2) is 11.6 Å². The predicted octanol–water partition coefficient (Wildman–Crippen LogP) is 3.16. The lowest BCUT2D eigenvalue weighted by Gasteiger charge is -2.29. The normalized spacial score (nSPS) is 16.4. The summed E-state index contributed by atoms with van der Waals surface area (Å²) in [5.41, 5.74) is 2.75. The fourth-order valence-electron chi connectivity index (χ4n) is 2.92. The average molecular weight is 344 g/mol. The number of aromatic nitrogens is 4. The molecule has 1 saturated heterocycles. The van der Waals surface area contributed by atoms with Crippen LogP contribution >= 0.6 is 0 Å². The zero-order chi connectivity index (χ0) is 18.0. The SMILES string of the molecule is Cc1nc(C)c(OC2CCN(C)CC2)nc1Nc1cc(C(C)C)[nH]n1. The minimum absolute atomic E-state index is 0.206. The second-order valence-electron chi connectivity index (χ2n) is 7.16. The molecule has 3 heterocycles. The number of ether oxygens (including phenoxy) is 1. The molecule has 0 aromatic carbocycles. The van der Waals surface area contributed by atoms with Crippen molar-refractivity contribution in [2.24, 2.45) is 0 Å². The van der Waals surface area contributed by atoms with Crippen LogP contribution in [0, 0.1) is 13.8 Å². The number of H-pyrrole nitrogens is 1. The predicted molar refractivity (Wildman–Crippen MR) is 98.6 cm³/mol. The van der Waals surface area contributed by atoms with Gasteiger partial charge in [-0.15, -0.1) is 0 Å². The zero-order valence-electron chi connectivity index (χ0n) is 15.8. The highest BCUT2D eigenvalue weighted by molar-refractivity contribution is 5.55. The number of hydrogen-bond donors (Lipinski definition) is 2. The van der Waals surface area contributed by atoms with Gasteiger partial charge in [-0.1, -0.05) is 13.8 Å². The molecule has 2 aromatic heterocycles. The molecule has 25 heavy (non-hydrogen) atoms. The van der Waals surface area contributed by atoms with Gasteiger partial charge in [-0.05, 0) is 39.7 Å². The molecule has 0 atom stereocenters. The Morgan fingerprint density at radius 1 is 1.20 bits per heavy atom. The van der Waals surface area contributed by atoms with Crippen molar-refractivity contribution in [1.82, 2.24) is 25.1 Å². The molecule has 0 unspecified atom stereocenters. The summed E-state index contributed by atoms with van der Waals surface area (Å²) in [6, 6.07) is 2.00. The van der Waals surface area contributed by atoms with Crippen molar-refractivity contribution in [3.8, 4) is 5.88 Å². The van der Waals surface area contributed by atoms with E-state index in [9.17, 15) is 0 Å². The fraction of sp³-hybridized carbons (Fsp3) is 0.611. The standard InChI is InChI=1S/C18H28N6O/c1-11(2)15-10-16(23-22-15)20-17-12(3)19-13(4)18(21-17)25-14-6-8-24(5)9-7-14/h10-11,14H,6-9H2,1-5H3,(H2,20,21,22,23). The van der Waals surface area contributed by atoms with Crippen LogP contribution in [0.2, 0.25) is 0 Å². The summed E-state index contributed by atoms with van der Waals surface area (Å²) in [6.45, 7) is 10.2. The Balaban J connectivity index is 1.75. The lowest BCUT2D eigenvalue weighted by molar-refractivity contribution is 0.109. The van der Waals surface area contributed by atoms with E-state index < -0.39 is 0 Å². The lowest BCUT2D eigenvalue weighted by atomic mass is 10.1. The molecule has 0 aliphatic carbocycles. The van der Waals surface area contributed by atoms with E-state index in [-0.39, 0.29) is 6.10 Å². The number of nitrogens with one attached hydrogen (secondary N) is 2. The molecule has 7 heteroatoms. The Kier molecular flexibility index (Phi) is 5.22. The molecular formula is C18H28N6O. The summed E-state index contributed by atoms with van der Waals surface area (Å²) in [4.78, 5) is 11.6. The molecule has 3 rings (SSSR count). The molecule has 7 nitrogen and oxygen atoms in total. The minimum Gasteiger partial charge on any atom is -0.473 e. The number of piperidine rings is 1. The minimum atomic E-state index is 0.206. The van der Waals surface area contributed by atoms with Crippen molar-refractivity contribution in [1.29, 1.82) is 0 Å². The quantitative estimate of drug-likeness (QED) is 0.867. The van der Waals surface area contributed by atoms with Gasteiger partial charge < -0.3 is 15.0 Å². The van der Waals surface area contributed by atoms with Gasteiger partial charge >= 0.3 is 0 Å². The molecule has 0 radical (unpaired) electrons. The van der Waals surface area contributed by atoms with Crippen molar-refractivity contribution in [3.63, 3.8) is 0 Å². The van der Waals surface area contributed by atoms with Crippen LogP contribution in [0.25, 0.3) is 0 Å². The zero-order valence-corrected chi connectivity index (χ0v) is 15.8. The number of rotatable bonds is 5.